The number of hydrogen-bond acceptors (Lipinski definition) is 5. The number of nitrogens with zero attached hydrogens (tertiary/aromatic N) is 4. The third-order valence-electron chi connectivity index (χ3n) is 5.32. The molecule has 0 aliphatic carbocycles. The fraction of sp³-hybridized carbons (Fsp3) is 0.304. The Bertz CT molecular complexity index is 1090. The zero-order valence-corrected chi connectivity index (χ0v) is 18.5. The fourth-order valence-electron chi connectivity index (χ4n) is 3.60. The van der Waals surface area contributed by atoms with Crippen molar-refractivity contribution in [1.29, 1.82) is 0 Å². The van der Waals surface area contributed by atoms with E-state index in [1.165, 1.54) is 11.8 Å². The van der Waals surface area contributed by atoms with Crippen LogP contribution >= 0.6 is 11.8 Å². The van der Waals surface area contributed by atoms with Gasteiger partial charge in [-0.1, -0.05) is 36.0 Å². The van der Waals surface area contributed by atoms with Gasteiger partial charge in [0.25, 0.3) is 0 Å². The van der Waals surface area contributed by atoms with Crippen molar-refractivity contribution in [3.8, 4) is 11.4 Å². The van der Waals surface area contributed by atoms with Gasteiger partial charge in [0.15, 0.2) is 11.0 Å². The Hall–Kier alpha value is -3.13. The maximum absolute atomic E-state index is 12.3. The lowest BCUT2D eigenvalue weighted by atomic mass is 10.1. The SMILES string of the molecule is Cc1ccccc1-c1nnc(SCCC(=O)Nc2ccc(N3CCCC3=O)cc2)n1C. The quantitative estimate of drug-likeness (QED) is 0.567. The Morgan fingerprint density at radius 1 is 1.13 bits per heavy atom. The van der Waals surface area contributed by atoms with E-state index < -0.39 is 0 Å². The Kier molecular flexibility index (Phi) is 6.36. The number of carbonyl (C=O) groups is 2. The van der Waals surface area contributed by atoms with Crippen molar-refractivity contribution in [3.05, 3.63) is 54.1 Å². The summed E-state index contributed by atoms with van der Waals surface area (Å²) in [5.41, 5.74) is 3.81. The maximum Gasteiger partial charge on any atom is 0.227 e. The summed E-state index contributed by atoms with van der Waals surface area (Å²) in [6.07, 6.45) is 1.87. The molecule has 0 unspecified atom stereocenters. The molecule has 0 radical (unpaired) electrons. The monoisotopic (exact) mass is 435 g/mol. The lowest BCUT2D eigenvalue weighted by Gasteiger charge is -2.16. The summed E-state index contributed by atoms with van der Waals surface area (Å²) in [5, 5.41) is 12.3. The molecule has 2 amide bonds. The number of amides is 2. The highest BCUT2D eigenvalue weighted by Gasteiger charge is 2.21. The molecule has 3 aromatic rings. The number of carbonyl (C=O) groups excluding carboxylic acids is 2. The summed E-state index contributed by atoms with van der Waals surface area (Å²) in [6, 6.07) is 15.5. The van der Waals surface area contributed by atoms with E-state index in [0.29, 0.717) is 18.6 Å². The number of benzene rings is 2. The van der Waals surface area contributed by atoms with Gasteiger partial charge in [0.1, 0.15) is 0 Å². The van der Waals surface area contributed by atoms with Gasteiger partial charge in [-0.15, -0.1) is 10.2 Å². The first-order valence-electron chi connectivity index (χ1n) is 10.3. The van der Waals surface area contributed by atoms with Crippen LogP contribution in [0.4, 0.5) is 11.4 Å². The average Bonchev–Trinajstić information content (AvgIpc) is 3.35. The smallest absolute Gasteiger partial charge is 0.227 e. The van der Waals surface area contributed by atoms with Crippen molar-refractivity contribution in [2.45, 2.75) is 31.3 Å². The summed E-state index contributed by atoms with van der Waals surface area (Å²) >= 11 is 1.51. The second-order valence-corrected chi connectivity index (χ2v) is 8.58. The molecule has 1 aliphatic heterocycles. The average molecular weight is 436 g/mol. The van der Waals surface area contributed by atoms with Crippen LogP contribution in [0, 0.1) is 6.92 Å². The summed E-state index contributed by atoms with van der Waals surface area (Å²) in [4.78, 5) is 25.9. The van der Waals surface area contributed by atoms with Crippen molar-refractivity contribution >= 4 is 35.0 Å². The largest absolute Gasteiger partial charge is 0.326 e. The molecule has 1 aliphatic rings. The van der Waals surface area contributed by atoms with Gasteiger partial charge in [0.2, 0.25) is 11.8 Å². The van der Waals surface area contributed by atoms with Gasteiger partial charge in [0, 0.05) is 49.1 Å². The molecule has 0 bridgehead atoms. The van der Waals surface area contributed by atoms with Crippen LogP contribution in [0.2, 0.25) is 0 Å². The van der Waals surface area contributed by atoms with E-state index >= 15 is 0 Å². The first-order valence-corrected chi connectivity index (χ1v) is 11.3. The lowest BCUT2D eigenvalue weighted by molar-refractivity contribution is -0.117. The minimum atomic E-state index is -0.0567. The van der Waals surface area contributed by atoms with Crippen LogP contribution in [0.15, 0.2) is 53.7 Å². The first kappa shape index (κ1) is 21.1. The van der Waals surface area contributed by atoms with Crippen molar-refractivity contribution < 1.29 is 9.59 Å². The predicted octanol–water partition coefficient (Wildman–Crippen LogP) is 4.04. The molecule has 0 saturated carbocycles. The summed E-state index contributed by atoms with van der Waals surface area (Å²) in [7, 11) is 1.94. The van der Waals surface area contributed by atoms with Crippen molar-refractivity contribution in [2.24, 2.45) is 7.05 Å². The van der Waals surface area contributed by atoms with Gasteiger partial charge in [0.05, 0.1) is 0 Å². The van der Waals surface area contributed by atoms with Gasteiger partial charge in [-0.25, -0.2) is 0 Å². The number of anilines is 2. The zero-order chi connectivity index (χ0) is 21.8. The molecule has 160 valence electrons. The van der Waals surface area contributed by atoms with E-state index in [2.05, 4.69) is 28.5 Å². The van der Waals surface area contributed by atoms with Crippen molar-refractivity contribution in [3.63, 3.8) is 0 Å². The van der Waals surface area contributed by atoms with Crippen LogP contribution in [0.5, 0.6) is 0 Å². The van der Waals surface area contributed by atoms with Crippen LogP contribution < -0.4 is 10.2 Å². The first-order chi connectivity index (χ1) is 15.0. The third-order valence-corrected chi connectivity index (χ3v) is 6.34. The van der Waals surface area contributed by atoms with Gasteiger partial charge >= 0.3 is 0 Å². The van der Waals surface area contributed by atoms with Crippen LogP contribution in [-0.4, -0.2) is 38.9 Å². The lowest BCUT2D eigenvalue weighted by Crippen LogP contribution is -2.23. The normalized spacial score (nSPS) is 13.6. The summed E-state index contributed by atoms with van der Waals surface area (Å²) < 4.78 is 1.96. The second-order valence-electron chi connectivity index (χ2n) is 7.52. The zero-order valence-electron chi connectivity index (χ0n) is 17.7. The fourth-order valence-corrected chi connectivity index (χ4v) is 4.45. The van der Waals surface area contributed by atoms with Crippen LogP contribution in [0.25, 0.3) is 11.4 Å². The van der Waals surface area contributed by atoms with Gasteiger partial charge < -0.3 is 14.8 Å². The minimum Gasteiger partial charge on any atom is -0.326 e. The van der Waals surface area contributed by atoms with E-state index in [9.17, 15) is 9.59 Å². The van der Waals surface area contributed by atoms with E-state index in [0.717, 1.165) is 46.4 Å². The molecule has 1 fully saturated rings. The molecule has 2 heterocycles. The van der Waals surface area contributed by atoms with Crippen molar-refractivity contribution in [2.75, 3.05) is 22.5 Å². The number of aryl methyl sites for hydroxylation is 1. The van der Waals surface area contributed by atoms with E-state index in [-0.39, 0.29) is 11.8 Å². The molecule has 1 saturated heterocycles. The molecule has 7 nitrogen and oxygen atoms in total. The molecule has 1 aromatic heterocycles. The molecule has 0 spiro atoms. The van der Waals surface area contributed by atoms with Crippen LogP contribution in [0.1, 0.15) is 24.8 Å². The van der Waals surface area contributed by atoms with Crippen LogP contribution in [0.3, 0.4) is 0 Å². The Labute approximate surface area is 185 Å². The third kappa shape index (κ3) is 4.80. The standard InChI is InChI=1S/C23H25N5O2S/c1-16-6-3-4-7-19(16)22-25-26-23(27(22)2)31-15-13-20(29)24-17-9-11-18(12-10-17)28-14-5-8-21(28)30/h3-4,6-7,9-12H,5,8,13-15H2,1-2H3,(H,24,29). The molecule has 0 atom stereocenters. The van der Waals surface area contributed by atoms with Crippen LogP contribution in [-0.2, 0) is 16.6 Å². The number of thioether (sulfide) groups is 1. The Morgan fingerprint density at radius 3 is 2.61 bits per heavy atom. The number of nitrogens with one attached hydrogen (secondary N) is 1. The number of hydrogen-bond donors (Lipinski definition) is 1. The number of rotatable bonds is 7. The predicted molar refractivity (Wildman–Crippen MR) is 123 cm³/mol. The summed E-state index contributed by atoms with van der Waals surface area (Å²) in [6.45, 7) is 2.81. The highest BCUT2D eigenvalue weighted by molar-refractivity contribution is 7.99. The van der Waals surface area contributed by atoms with E-state index in [4.69, 9.17) is 0 Å². The maximum atomic E-state index is 12.3. The topological polar surface area (TPSA) is 80.1 Å². The highest BCUT2D eigenvalue weighted by atomic mass is 32.2. The molecule has 2 aromatic carbocycles. The molecule has 1 N–H and O–H groups in total. The molecule has 31 heavy (non-hydrogen) atoms. The van der Waals surface area contributed by atoms with E-state index in [1.54, 1.807) is 4.90 Å². The van der Waals surface area contributed by atoms with E-state index in [1.807, 2.05) is 54.1 Å². The highest BCUT2D eigenvalue weighted by Crippen LogP contribution is 2.26. The van der Waals surface area contributed by atoms with Crippen molar-refractivity contribution in [1.82, 2.24) is 14.8 Å². The van der Waals surface area contributed by atoms with Gasteiger partial charge in [-0.3, -0.25) is 9.59 Å². The summed E-state index contributed by atoms with van der Waals surface area (Å²) in [5.74, 6) is 1.52. The van der Waals surface area contributed by atoms with Gasteiger partial charge in [-0.2, -0.15) is 0 Å². The molecular formula is C23H25N5O2S. The Balaban J connectivity index is 1.29. The Morgan fingerprint density at radius 2 is 1.90 bits per heavy atom. The number of aromatic nitrogens is 3. The van der Waals surface area contributed by atoms with Gasteiger partial charge in [-0.05, 0) is 43.2 Å². The molecule has 8 heteroatoms. The molecular weight excluding hydrogens is 410 g/mol. The molecule has 4 rings (SSSR count). The second kappa shape index (κ2) is 9.34. The minimum absolute atomic E-state index is 0.0567.